The molecule has 1 aliphatic heterocycles. The number of carbonyl (C=O) groups is 2. The van der Waals surface area contributed by atoms with Crippen molar-refractivity contribution in [3.63, 3.8) is 0 Å². The summed E-state index contributed by atoms with van der Waals surface area (Å²) < 4.78 is 18.5. The topological polar surface area (TPSA) is 94.1 Å². The Kier molecular flexibility index (Phi) is 7.36. The van der Waals surface area contributed by atoms with E-state index in [1.165, 1.54) is 11.1 Å². The lowest BCUT2D eigenvalue weighted by Gasteiger charge is -2.32. The largest absolute Gasteiger partial charge is 0.492 e. The molecule has 4 aromatic rings. The first-order valence-electron chi connectivity index (χ1n) is 14.5. The molecule has 1 aliphatic carbocycles. The number of carbonyl (C=O) groups excluding carboxylic acids is 1. The average molecular weight is 575 g/mol. The van der Waals surface area contributed by atoms with Crippen LogP contribution in [0.4, 0.5) is 4.79 Å². The number of carboxylic acids is 1. The molecule has 6 rings (SSSR count). The minimum absolute atomic E-state index is 0.0460. The van der Waals surface area contributed by atoms with Gasteiger partial charge in [-0.15, -0.1) is 0 Å². The number of nitrogens with one attached hydrogen (secondary N) is 1. The number of fused-ring (bicyclic) bond motifs is 4. The Morgan fingerprint density at radius 2 is 1.42 bits per heavy atom. The Hall–Kier alpha value is -4.40. The SMILES string of the molecule is CC1(C)OB(C(=Cc2cccc3c(C(=O)O)cccc23)CNC(=O)OCC2c3ccccc3-c3ccccc32)OC1(C)C. The maximum absolute atomic E-state index is 13.1. The zero-order valence-electron chi connectivity index (χ0n) is 24.7. The second-order valence-electron chi connectivity index (χ2n) is 12.0. The number of aromatic carboxylic acids is 1. The predicted octanol–water partition coefficient (Wildman–Crippen LogP) is 7.09. The number of alkyl carbamates (subject to hydrolysis) is 1. The average Bonchev–Trinajstić information content (AvgIpc) is 3.42. The van der Waals surface area contributed by atoms with E-state index in [4.69, 9.17) is 14.0 Å². The van der Waals surface area contributed by atoms with Crippen LogP contribution in [-0.2, 0) is 14.0 Å². The lowest BCUT2D eigenvalue weighted by Crippen LogP contribution is -2.41. The van der Waals surface area contributed by atoms with Crippen molar-refractivity contribution in [1.29, 1.82) is 0 Å². The fourth-order valence-corrected chi connectivity index (χ4v) is 5.87. The molecule has 7 nitrogen and oxygen atoms in total. The summed E-state index contributed by atoms with van der Waals surface area (Å²) in [5.74, 6) is -1.04. The van der Waals surface area contributed by atoms with E-state index >= 15 is 0 Å². The van der Waals surface area contributed by atoms with Crippen LogP contribution in [0.2, 0.25) is 0 Å². The number of hydrogen-bond acceptors (Lipinski definition) is 5. The van der Waals surface area contributed by atoms with Crippen LogP contribution in [0, 0.1) is 0 Å². The van der Waals surface area contributed by atoms with Gasteiger partial charge in [0.15, 0.2) is 0 Å². The molecule has 0 radical (unpaired) electrons. The maximum Gasteiger partial charge on any atom is 0.492 e. The molecule has 1 fully saturated rings. The first kappa shape index (κ1) is 28.7. The first-order valence-corrected chi connectivity index (χ1v) is 14.5. The van der Waals surface area contributed by atoms with Crippen LogP contribution in [0.15, 0.2) is 90.4 Å². The third-order valence-electron chi connectivity index (χ3n) is 8.86. The van der Waals surface area contributed by atoms with Crippen LogP contribution in [0.25, 0.3) is 28.0 Å². The molecule has 0 bridgehead atoms. The Morgan fingerprint density at radius 3 is 2.05 bits per heavy atom. The number of amides is 1. The van der Waals surface area contributed by atoms with Crippen LogP contribution in [0.1, 0.15) is 60.7 Å². The predicted molar refractivity (Wildman–Crippen MR) is 168 cm³/mol. The normalized spacial score (nSPS) is 17.0. The highest BCUT2D eigenvalue weighted by atomic mass is 16.7. The van der Waals surface area contributed by atoms with Gasteiger partial charge in [0.1, 0.15) is 6.61 Å². The zero-order valence-corrected chi connectivity index (χ0v) is 24.7. The third-order valence-corrected chi connectivity index (χ3v) is 8.86. The third kappa shape index (κ3) is 5.33. The van der Waals surface area contributed by atoms with E-state index in [1.807, 2.05) is 76.2 Å². The molecule has 2 aliphatic rings. The van der Waals surface area contributed by atoms with Gasteiger partial charge in [0, 0.05) is 12.5 Å². The van der Waals surface area contributed by atoms with Crippen LogP contribution in [0.5, 0.6) is 0 Å². The highest BCUT2D eigenvalue weighted by Crippen LogP contribution is 2.44. The molecule has 0 saturated carbocycles. The van der Waals surface area contributed by atoms with Gasteiger partial charge in [-0.2, -0.15) is 0 Å². The van der Waals surface area contributed by atoms with E-state index < -0.39 is 30.4 Å². The highest BCUT2D eigenvalue weighted by Gasteiger charge is 2.52. The quantitative estimate of drug-likeness (QED) is 0.229. The molecule has 1 saturated heterocycles. The molecule has 0 atom stereocenters. The van der Waals surface area contributed by atoms with Crippen molar-refractivity contribution >= 4 is 36.0 Å². The van der Waals surface area contributed by atoms with Gasteiger partial charge in [0.2, 0.25) is 0 Å². The summed E-state index contributed by atoms with van der Waals surface area (Å²) in [5, 5.41) is 14.0. The molecule has 1 heterocycles. The van der Waals surface area contributed by atoms with E-state index in [0.717, 1.165) is 22.1 Å². The number of hydrogen-bond donors (Lipinski definition) is 2. The van der Waals surface area contributed by atoms with Crippen molar-refractivity contribution < 1.29 is 28.7 Å². The van der Waals surface area contributed by atoms with Crippen molar-refractivity contribution in [2.75, 3.05) is 13.2 Å². The van der Waals surface area contributed by atoms with Gasteiger partial charge < -0.3 is 24.5 Å². The smallest absolute Gasteiger partial charge is 0.478 e. The Morgan fingerprint density at radius 1 is 0.837 bits per heavy atom. The number of ether oxygens (including phenoxy) is 1. The molecule has 0 spiro atoms. The minimum Gasteiger partial charge on any atom is -0.478 e. The summed E-state index contributed by atoms with van der Waals surface area (Å²) in [5.41, 5.74) is 5.14. The molecule has 43 heavy (non-hydrogen) atoms. The second kappa shape index (κ2) is 11.0. The summed E-state index contributed by atoms with van der Waals surface area (Å²) >= 11 is 0. The molecule has 4 aromatic carbocycles. The van der Waals surface area contributed by atoms with Gasteiger partial charge in [0.25, 0.3) is 0 Å². The lowest BCUT2D eigenvalue weighted by atomic mass is 9.76. The van der Waals surface area contributed by atoms with E-state index in [1.54, 1.807) is 18.2 Å². The molecule has 2 N–H and O–H groups in total. The molecule has 1 amide bonds. The Bertz CT molecular complexity index is 1700. The van der Waals surface area contributed by atoms with Gasteiger partial charge in [-0.1, -0.05) is 84.9 Å². The summed E-state index contributed by atoms with van der Waals surface area (Å²) in [4.78, 5) is 24.9. The van der Waals surface area contributed by atoms with Crippen LogP contribution >= 0.6 is 0 Å². The maximum atomic E-state index is 13.1. The Balaban J connectivity index is 1.25. The molecule has 218 valence electrons. The first-order chi connectivity index (χ1) is 20.6. The fraction of sp³-hybridized carbons (Fsp3) is 0.257. The minimum atomic E-state index is -0.991. The monoisotopic (exact) mass is 575 g/mol. The standard InChI is InChI=1S/C35H34BNO6/c1-34(2)35(3,4)43-36(42-34)23(19-22-11-9-17-25-24(22)16-10-18-30(25)32(38)39)20-37-33(40)41-21-31-28-14-7-5-12-26(28)27-13-6-8-15-29(27)31/h5-19,31H,20-21H2,1-4H3,(H,37,40)(H,38,39). The molecule has 0 aromatic heterocycles. The fourth-order valence-electron chi connectivity index (χ4n) is 5.87. The second-order valence-corrected chi connectivity index (χ2v) is 12.0. The van der Waals surface area contributed by atoms with E-state index in [9.17, 15) is 14.7 Å². The van der Waals surface area contributed by atoms with Gasteiger partial charge in [0.05, 0.1) is 16.8 Å². The highest BCUT2D eigenvalue weighted by molar-refractivity contribution is 6.56. The Labute approximate surface area is 251 Å². The summed E-state index contributed by atoms with van der Waals surface area (Å²) in [6.45, 7) is 8.21. The van der Waals surface area contributed by atoms with Crippen molar-refractivity contribution in [2.45, 2.75) is 44.8 Å². The van der Waals surface area contributed by atoms with E-state index in [2.05, 4.69) is 29.6 Å². The number of carboxylic acid groups (broad SMARTS) is 1. The van der Waals surface area contributed by atoms with Gasteiger partial charge >= 0.3 is 19.2 Å². The zero-order chi connectivity index (χ0) is 30.4. The summed E-state index contributed by atoms with van der Waals surface area (Å²) in [6, 6.07) is 27.1. The molecule has 8 heteroatoms. The van der Waals surface area contributed by atoms with Crippen LogP contribution in [0.3, 0.4) is 0 Å². The summed E-state index contributed by atoms with van der Waals surface area (Å²) in [7, 11) is -0.725. The summed E-state index contributed by atoms with van der Waals surface area (Å²) in [6.07, 6.45) is 1.36. The van der Waals surface area contributed by atoms with Crippen molar-refractivity contribution in [3.8, 4) is 11.1 Å². The molecular weight excluding hydrogens is 541 g/mol. The van der Waals surface area contributed by atoms with Crippen molar-refractivity contribution in [2.24, 2.45) is 0 Å². The van der Waals surface area contributed by atoms with Gasteiger partial charge in [-0.3, -0.25) is 0 Å². The van der Waals surface area contributed by atoms with Crippen molar-refractivity contribution in [1.82, 2.24) is 5.32 Å². The van der Waals surface area contributed by atoms with E-state index in [-0.39, 0.29) is 24.6 Å². The van der Waals surface area contributed by atoms with E-state index in [0.29, 0.717) is 10.9 Å². The lowest BCUT2D eigenvalue weighted by molar-refractivity contribution is 0.00578. The van der Waals surface area contributed by atoms with Gasteiger partial charge in [-0.25, -0.2) is 9.59 Å². The number of benzene rings is 4. The van der Waals surface area contributed by atoms with Crippen LogP contribution in [-0.4, -0.2) is 48.6 Å². The molecule has 0 unspecified atom stereocenters. The van der Waals surface area contributed by atoms with Crippen molar-refractivity contribution in [3.05, 3.63) is 113 Å². The molecular formula is C35H34BNO6. The van der Waals surface area contributed by atoms with Gasteiger partial charge in [-0.05, 0) is 77.8 Å². The van der Waals surface area contributed by atoms with Crippen LogP contribution < -0.4 is 5.32 Å². The number of rotatable bonds is 7.